The first-order valence-electron chi connectivity index (χ1n) is 6.60. The Balaban J connectivity index is 2.28. The molecule has 0 bridgehead atoms. The van der Waals surface area contributed by atoms with E-state index in [1.807, 2.05) is 0 Å². The molecule has 0 atom stereocenters. The van der Waals surface area contributed by atoms with Gasteiger partial charge in [0.15, 0.2) is 23.2 Å². The predicted molar refractivity (Wildman–Crippen MR) is 71.9 cm³/mol. The molecule has 2 rings (SSSR count). The monoisotopic (exact) mass is 330 g/mol. The molecule has 2 nitrogen and oxygen atoms in total. The van der Waals surface area contributed by atoms with Gasteiger partial charge in [0.2, 0.25) is 0 Å². The number of carbonyl (C=O) groups excluding carboxylic acids is 1. The Labute approximate surface area is 128 Å². The summed E-state index contributed by atoms with van der Waals surface area (Å²) in [6, 6.07) is 5.55. The molecule has 0 aliphatic carbocycles. The summed E-state index contributed by atoms with van der Waals surface area (Å²) in [6.07, 6.45) is -3.97. The molecule has 122 valence electrons. The van der Waals surface area contributed by atoms with Gasteiger partial charge in [0.05, 0.1) is 0 Å². The second-order valence-electron chi connectivity index (χ2n) is 4.64. The first-order valence-corrected chi connectivity index (χ1v) is 6.60. The highest BCUT2D eigenvalue weighted by molar-refractivity contribution is 5.95. The number of ether oxygens (including phenoxy) is 1. The lowest BCUT2D eigenvalue weighted by molar-refractivity contribution is -0.187. The fraction of sp³-hybridized carbons (Fsp3) is 0.188. The molecule has 0 spiro atoms. The maximum Gasteiger partial charge on any atom is 0.429 e. The lowest BCUT2D eigenvalue weighted by Crippen LogP contribution is -2.24. The zero-order valence-electron chi connectivity index (χ0n) is 11.9. The van der Waals surface area contributed by atoms with E-state index in [0.717, 1.165) is 12.1 Å². The van der Waals surface area contributed by atoms with Crippen molar-refractivity contribution in [1.82, 2.24) is 0 Å². The van der Waals surface area contributed by atoms with Crippen molar-refractivity contribution < 1.29 is 31.5 Å². The van der Waals surface area contributed by atoms with E-state index >= 15 is 0 Å². The van der Waals surface area contributed by atoms with Crippen molar-refractivity contribution in [2.24, 2.45) is 0 Å². The Morgan fingerprint density at radius 2 is 1.61 bits per heavy atom. The quantitative estimate of drug-likeness (QED) is 0.446. The first kappa shape index (κ1) is 16.9. The van der Waals surface area contributed by atoms with Crippen molar-refractivity contribution in [2.45, 2.75) is 19.5 Å². The molecule has 0 heterocycles. The van der Waals surface area contributed by atoms with E-state index in [0.29, 0.717) is 17.7 Å². The van der Waals surface area contributed by atoms with E-state index < -0.39 is 29.1 Å². The van der Waals surface area contributed by atoms with Crippen LogP contribution in [0.5, 0.6) is 5.75 Å². The van der Waals surface area contributed by atoms with Gasteiger partial charge in [0.1, 0.15) is 11.3 Å². The van der Waals surface area contributed by atoms with E-state index in [1.165, 1.54) is 12.1 Å². The zero-order valence-corrected chi connectivity index (χ0v) is 11.9. The van der Waals surface area contributed by atoms with Crippen LogP contribution in [0.3, 0.4) is 0 Å². The number of rotatable bonds is 5. The van der Waals surface area contributed by atoms with E-state index in [9.17, 15) is 26.7 Å². The highest BCUT2D eigenvalue weighted by Crippen LogP contribution is 2.34. The SMILES string of the molecule is CCC(=O)c1ccc(OC(F)(F)c2ccc(F)c(F)c2F)cc1. The van der Waals surface area contributed by atoms with Crippen molar-refractivity contribution in [3.05, 3.63) is 65.0 Å². The van der Waals surface area contributed by atoms with Crippen LogP contribution in [0.2, 0.25) is 0 Å². The third kappa shape index (κ3) is 3.49. The van der Waals surface area contributed by atoms with Crippen LogP contribution in [0.1, 0.15) is 29.3 Å². The van der Waals surface area contributed by atoms with Crippen LogP contribution in [-0.4, -0.2) is 5.78 Å². The van der Waals surface area contributed by atoms with Gasteiger partial charge < -0.3 is 4.74 Å². The number of halogens is 5. The number of alkyl halides is 2. The van der Waals surface area contributed by atoms with Crippen molar-refractivity contribution >= 4 is 5.78 Å². The lowest BCUT2D eigenvalue weighted by Gasteiger charge is -2.19. The van der Waals surface area contributed by atoms with E-state index in [1.54, 1.807) is 6.92 Å². The molecule has 0 saturated heterocycles. The molecule has 2 aromatic rings. The smallest absolute Gasteiger partial charge is 0.429 e. The molecular formula is C16H11F5O2. The van der Waals surface area contributed by atoms with Gasteiger partial charge in [0, 0.05) is 12.0 Å². The fourth-order valence-electron chi connectivity index (χ4n) is 1.87. The van der Waals surface area contributed by atoms with Crippen molar-refractivity contribution in [2.75, 3.05) is 0 Å². The molecule has 0 N–H and O–H groups in total. The number of carbonyl (C=O) groups is 1. The van der Waals surface area contributed by atoms with Gasteiger partial charge >= 0.3 is 6.11 Å². The van der Waals surface area contributed by atoms with Crippen molar-refractivity contribution in [1.29, 1.82) is 0 Å². The molecule has 0 fully saturated rings. The van der Waals surface area contributed by atoms with Gasteiger partial charge in [-0.25, -0.2) is 13.2 Å². The summed E-state index contributed by atoms with van der Waals surface area (Å²) in [5.74, 6) is -6.14. The average Bonchev–Trinajstić information content (AvgIpc) is 2.52. The van der Waals surface area contributed by atoms with E-state index in [-0.39, 0.29) is 18.0 Å². The summed E-state index contributed by atoms with van der Waals surface area (Å²) in [6.45, 7) is 1.65. The highest BCUT2D eigenvalue weighted by atomic mass is 19.3. The molecule has 2 aromatic carbocycles. The second-order valence-corrected chi connectivity index (χ2v) is 4.64. The van der Waals surface area contributed by atoms with Gasteiger partial charge in [-0.2, -0.15) is 8.78 Å². The standard InChI is InChI=1S/C16H11F5O2/c1-2-13(22)9-3-5-10(6-4-9)23-16(20,21)11-7-8-12(17)15(19)14(11)18/h3-8H,2H2,1H3. The fourth-order valence-corrected chi connectivity index (χ4v) is 1.87. The molecule has 23 heavy (non-hydrogen) atoms. The van der Waals surface area contributed by atoms with Gasteiger partial charge in [0.25, 0.3) is 0 Å². The normalized spacial score (nSPS) is 11.4. The van der Waals surface area contributed by atoms with Crippen molar-refractivity contribution in [3.8, 4) is 5.75 Å². The predicted octanol–water partition coefficient (Wildman–Crippen LogP) is 4.82. The minimum absolute atomic E-state index is 0.185. The molecule has 0 saturated carbocycles. The third-order valence-electron chi connectivity index (χ3n) is 3.09. The summed E-state index contributed by atoms with van der Waals surface area (Å²) in [7, 11) is 0. The van der Waals surface area contributed by atoms with Crippen LogP contribution in [0, 0.1) is 17.5 Å². The Morgan fingerprint density at radius 1 is 1.00 bits per heavy atom. The van der Waals surface area contributed by atoms with Crippen LogP contribution in [0.4, 0.5) is 22.0 Å². The van der Waals surface area contributed by atoms with Gasteiger partial charge in [-0.05, 0) is 36.4 Å². The molecule has 0 aliphatic heterocycles. The zero-order chi connectivity index (χ0) is 17.2. The van der Waals surface area contributed by atoms with Gasteiger partial charge in [-0.15, -0.1) is 0 Å². The molecule has 0 aromatic heterocycles. The van der Waals surface area contributed by atoms with Crippen molar-refractivity contribution in [3.63, 3.8) is 0 Å². The number of hydrogen-bond donors (Lipinski definition) is 0. The molecule has 0 unspecified atom stereocenters. The summed E-state index contributed by atoms with van der Waals surface area (Å²) in [5.41, 5.74) is -1.12. The summed E-state index contributed by atoms with van der Waals surface area (Å²) < 4.78 is 71.5. The molecule has 7 heteroatoms. The van der Waals surface area contributed by atoms with E-state index in [4.69, 9.17) is 0 Å². The highest BCUT2D eigenvalue weighted by Gasteiger charge is 2.39. The molecular weight excluding hydrogens is 319 g/mol. The van der Waals surface area contributed by atoms with Crippen LogP contribution in [-0.2, 0) is 6.11 Å². The maximum atomic E-state index is 13.9. The number of Topliss-reactive ketones (excluding diaryl/α,β-unsaturated/α-hetero) is 1. The second kappa shape index (κ2) is 6.36. The van der Waals surface area contributed by atoms with Gasteiger partial charge in [-0.3, -0.25) is 4.79 Å². The first-order chi connectivity index (χ1) is 10.8. The van der Waals surface area contributed by atoms with Crippen LogP contribution >= 0.6 is 0 Å². The minimum atomic E-state index is -4.21. The maximum absolute atomic E-state index is 13.9. The van der Waals surface area contributed by atoms with E-state index in [2.05, 4.69) is 4.74 Å². The van der Waals surface area contributed by atoms with Crippen LogP contribution < -0.4 is 4.74 Å². The van der Waals surface area contributed by atoms with Crippen LogP contribution in [0.25, 0.3) is 0 Å². The molecule has 0 aliphatic rings. The molecule has 0 radical (unpaired) electrons. The number of hydrogen-bond acceptors (Lipinski definition) is 2. The topological polar surface area (TPSA) is 26.3 Å². The number of benzene rings is 2. The third-order valence-corrected chi connectivity index (χ3v) is 3.09. The lowest BCUT2D eigenvalue weighted by atomic mass is 10.1. The molecule has 0 amide bonds. The Morgan fingerprint density at radius 3 is 2.17 bits per heavy atom. The average molecular weight is 330 g/mol. The Kier molecular flexibility index (Phi) is 4.68. The Bertz CT molecular complexity index is 726. The summed E-state index contributed by atoms with van der Waals surface area (Å²) in [5, 5.41) is 0. The largest absolute Gasteiger partial charge is 0.429 e. The van der Waals surface area contributed by atoms with Gasteiger partial charge in [-0.1, -0.05) is 6.92 Å². The van der Waals surface area contributed by atoms with Crippen LogP contribution in [0.15, 0.2) is 36.4 Å². The summed E-state index contributed by atoms with van der Waals surface area (Å²) in [4.78, 5) is 11.4. The number of ketones is 1. The summed E-state index contributed by atoms with van der Waals surface area (Å²) >= 11 is 0. The minimum Gasteiger partial charge on any atom is -0.429 e. The Hall–Kier alpha value is -2.44.